The Balaban J connectivity index is 0. The van der Waals surface area contributed by atoms with Gasteiger partial charge in [0.25, 0.3) is 0 Å². The standard InChI is InChI=1S/C2HF3O2.C2H5NO2/c3-2(4,5)1(6)7;3-1-2(4)5/h(H,6,7);1,3H2,(H,4,5). The Labute approximate surface area is 64.6 Å². The number of carbonyl (C=O) groups is 2. The highest BCUT2D eigenvalue weighted by Crippen LogP contribution is 2.13. The molecule has 12 heavy (non-hydrogen) atoms. The molecule has 0 aliphatic heterocycles. The minimum atomic E-state index is -5.08. The Morgan fingerprint density at radius 2 is 1.42 bits per heavy atom. The number of rotatable bonds is 1. The first kappa shape index (κ1) is 13.3. The fourth-order valence-electron chi connectivity index (χ4n) is 0. The van der Waals surface area contributed by atoms with E-state index in [1.54, 1.807) is 0 Å². The highest BCUT2D eigenvalue weighted by molar-refractivity contribution is 5.73. The van der Waals surface area contributed by atoms with Crippen molar-refractivity contribution < 1.29 is 33.0 Å². The largest absolute Gasteiger partial charge is 0.490 e. The highest BCUT2D eigenvalue weighted by Gasteiger charge is 2.38. The molecule has 0 saturated carbocycles. The van der Waals surface area contributed by atoms with Gasteiger partial charge in [-0.15, -0.1) is 0 Å². The van der Waals surface area contributed by atoms with Crippen LogP contribution in [0.4, 0.5) is 13.2 Å². The molecule has 0 amide bonds. The molecule has 8 heteroatoms. The third-order valence-corrected chi connectivity index (χ3v) is 0.417. The molecule has 0 saturated heterocycles. The van der Waals surface area contributed by atoms with Crippen LogP contribution >= 0.6 is 0 Å². The Morgan fingerprint density at radius 3 is 1.42 bits per heavy atom. The molecule has 0 aromatic rings. The summed E-state index contributed by atoms with van der Waals surface area (Å²) in [5.41, 5.74) is 4.57. The molecule has 0 unspecified atom stereocenters. The average Bonchev–Trinajstić information content (AvgIpc) is 1.87. The average molecular weight is 189 g/mol. The van der Waals surface area contributed by atoms with E-state index in [0.717, 1.165) is 0 Å². The molecule has 0 aromatic heterocycles. The molecule has 0 aliphatic carbocycles. The molecule has 0 atom stereocenters. The van der Waals surface area contributed by atoms with Crippen LogP contribution in [0, 0.1) is 0 Å². The predicted molar refractivity (Wildman–Crippen MR) is 30.4 cm³/mol. The lowest BCUT2D eigenvalue weighted by molar-refractivity contribution is -0.192. The SMILES string of the molecule is NCC(=O)O.O=C(O)C(F)(F)F. The quantitative estimate of drug-likeness (QED) is 0.524. The van der Waals surface area contributed by atoms with Gasteiger partial charge in [0.05, 0.1) is 6.54 Å². The number of carboxylic acids is 2. The summed E-state index contributed by atoms with van der Waals surface area (Å²) in [6.07, 6.45) is -5.08. The molecule has 0 spiro atoms. The fourth-order valence-corrected chi connectivity index (χ4v) is 0. The van der Waals surface area contributed by atoms with Crippen LogP contribution in [0.5, 0.6) is 0 Å². The monoisotopic (exact) mass is 189 g/mol. The van der Waals surface area contributed by atoms with Crippen LogP contribution in [0.1, 0.15) is 0 Å². The van der Waals surface area contributed by atoms with Crippen molar-refractivity contribution in [1.29, 1.82) is 0 Å². The van der Waals surface area contributed by atoms with E-state index >= 15 is 0 Å². The Kier molecular flexibility index (Phi) is 5.93. The van der Waals surface area contributed by atoms with Crippen molar-refractivity contribution in [3.8, 4) is 0 Å². The maximum absolute atomic E-state index is 10.6. The Bertz CT molecular complexity index is 166. The van der Waals surface area contributed by atoms with Crippen LogP contribution in [0.2, 0.25) is 0 Å². The topological polar surface area (TPSA) is 101 Å². The van der Waals surface area contributed by atoms with Crippen LogP contribution in [-0.2, 0) is 9.59 Å². The molecule has 0 aromatic carbocycles. The van der Waals surface area contributed by atoms with Crippen molar-refractivity contribution in [3.63, 3.8) is 0 Å². The second-order valence-corrected chi connectivity index (χ2v) is 1.40. The number of carboxylic acid groups (broad SMARTS) is 2. The van der Waals surface area contributed by atoms with Gasteiger partial charge in [-0.3, -0.25) is 4.79 Å². The molecule has 0 rings (SSSR count). The van der Waals surface area contributed by atoms with E-state index in [9.17, 15) is 18.0 Å². The van der Waals surface area contributed by atoms with E-state index in [-0.39, 0.29) is 6.54 Å². The fraction of sp³-hybridized carbons (Fsp3) is 0.500. The Hall–Kier alpha value is -1.31. The van der Waals surface area contributed by atoms with E-state index in [1.165, 1.54) is 0 Å². The van der Waals surface area contributed by atoms with E-state index in [4.69, 9.17) is 15.0 Å². The lowest BCUT2D eigenvalue weighted by atomic mass is 10.7. The first-order valence-corrected chi connectivity index (χ1v) is 2.43. The van der Waals surface area contributed by atoms with E-state index in [2.05, 4.69) is 5.73 Å². The van der Waals surface area contributed by atoms with Crippen molar-refractivity contribution in [3.05, 3.63) is 0 Å². The smallest absolute Gasteiger partial charge is 0.480 e. The van der Waals surface area contributed by atoms with Gasteiger partial charge in [-0.25, -0.2) is 4.79 Å². The number of hydrogen-bond donors (Lipinski definition) is 3. The van der Waals surface area contributed by atoms with Gasteiger partial charge in [0.1, 0.15) is 0 Å². The predicted octanol–water partition coefficient (Wildman–Crippen LogP) is -0.337. The van der Waals surface area contributed by atoms with Crippen molar-refractivity contribution >= 4 is 11.9 Å². The van der Waals surface area contributed by atoms with Crippen molar-refractivity contribution in [2.24, 2.45) is 5.73 Å². The summed E-state index contributed by atoms with van der Waals surface area (Å²) in [6, 6.07) is 0. The molecule has 0 bridgehead atoms. The molecule has 0 fully saturated rings. The van der Waals surface area contributed by atoms with Gasteiger partial charge in [-0.05, 0) is 0 Å². The second-order valence-electron chi connectivity index (χ2n) is 1.40. The van der Waals surface area contributed by atoms with Gasteiger partial charge >= 0.3 is 18.1 Å². The van der Waals surface area contributed by atoms with Crippen LogP contribution in [0.25, 0.3) is 0 Å². The lowest BCUT2D eigenvalue weighted by Gasteiger charge is -1.93. The van der Waals surface area contributed by atoms with Crippen LogP contribution < -0.4 is 5.73 Å². The Morgan fingerprint density at radius 1 is 1.25 bits per heavy atom. The first-order valence-electron chi connectivity index (χ1n) is 2.43. The van der Waals surface area contributed by atoms with Gasteiger partial charge in [0, 0.05) is 0 Å². The molecular formula is C4H6F3NO4. The summed E-state index contributed by atoms with van der Waals surface area (Å²) in [7, 11) is 0. The summed E-state index contributed by atoms with van der Waals surface area (Å²) in [6.45, 7) is -0.278. The third-order valence-electron chi connectivity index (χ3n) is 0.417. The number of nitrogens with two attached hydrogens (primary N) is 1. The first-order chi connectivity index (χ1) is 5.21. The minimum absolute atomic E-state index is 0.278. The molecule has 4 N–H and O–H groups in total. The summed E-state index contributed by atoms with van der Waals surface area (Å²) < 4.78 is 31.7. The summed E-state index contributed by atoms with van der Waals surface area (Å²) in [5, 5.41) is 14.7. The molecule has 72 valence electrons. The van der Waals surface area contributed by atoms with Gasteiger partial charge in [-0.2, -0.15) is 13.2 Å². The van der Waals surface area contributed by atoms with Gasteiger partial charge in [0.15, 0.2) is 0 Å². The normalized spacial score (nSPS) is 9.67. The van der Waals surface area contributed by atoms with Crippen LogP contribution in [-0.4, -0.2) is 34.9 Å². The minimum Gasteiger partial charge on any atom is -0.480 e. The van der Waals surface area contributed by atoms with E-state index in [0.29, 0.717) is 0 Å². The van der Waals surface area contributed by atoms with Gasteiger partial charge in [0.2, 0.25) is 0 Å². The summed E-state index contributed by atoms with van der Waals surface area (Å²) in [4.78, 5) is 18.1. The maximum Gasteiger partial charge on any atom is 0.490 e. The van der Waals surface area contributed by atoms with Gasteiger partial charge in [-0.1, -0.05) is 0 Å². The highest BCUT2D eigenvalue weighted by atomic mass is 19.4. The number of alkyl halides is 3. The lowest BCUT2D eigenvalue weighted by Crippen LogP contribution is -2.21. The van der Waals surface area contributed by atoms with Crippen molar-refractivity contribution in [2.45, 2.75) is 6.18 Å². The molecular weight excluding hydrogens is 183 g/mol. The number of hydrogen-bond acceptors (Lipinski definition) is 3. The van der Waals surface area contributed by atoms with Crippen LogP contribution in [0.3, 0.4) is 0 Å². The number of aliphatic carboxylic acids is 2. The van der Waals surface area contributed by atoms with Crippen molar-refractivity contribution in [2.75, 3.05) is 6.54 Å². The zero-order valence-electron chi connectivity index (χ0n) is 5.63. The molecule has 0 radical (unpaired) electrons. The summed E-state index contributed by atoms with van der Waals surface area (Å²) in [5.74, 6) is -3.72. The molecule has 0 aliphatic rings. The number of halogens is 3. The molecule has 5 nitrogen and oxygen atoms in total. The molecule has 0 heterocycles. The van der Waals surface area contributed by atoms with Crippen molar-refractivity contribution in [1.82, 2.24) is 0 Å². The van der Waals surface area contributed by atoms with E-state index < -0.39 is 18.1 Å². The van der Waals surface area contributed by atoms with E-state index in [1.807, 2.05) is 0 Å². The zero-order chi connectivity index (χ0) is 10.4. The van der Waals surface area contributed by atoms with Gasteiger partial charge < -0.3 is 15.9 Å². The maximum atomic E-state index is 10.6. The van der Waals surface area contributed by atoms with Crippen LogP contribution in [0.15, 0.2) is 0 Å². The summed E-state index contributed by atoms with van der Waals surface area (Å²) >= 11 is 0. The third kappa shape index (κ3) is 11.5. The second kappa shape index (κ2) is 5.35. The zero-order valence-corrected chi connectivity index (χ0v) is 5.63.